The standard InChI is InChI=1S/C18H18F2N4.ClH.H2O/c1-10-6-12(18-22-9-17-15(24-18)4-5-21-17)8-16(23-10)11-2-3-13(19)14(20)7-11;;/h2-5,7,9-10,12,16,21,23H,6,8H2,1H3;1H;1H2. The first kappa shape index (κ1) is 20.2. The van der Waals surface area contributed by atoms with Crippen LogP contribution in [0.5, 0.6) is 0 Å². The molecule has 1 aromatic carbocycles. The van der Waals surface area contributed by atoms with Gasteiger partial charge in [0, 0.05) is 24.2 Å². The number of benzene rings is 1. The molecule has 3 heterocycles. The second kappa shape index (κ2) is 8.07. The smallest absolute Gasteiger partial charge is 0.159 e. The summed E-state index contributed by atoms with van der Waals surface area (Å²) in [6.45, 7) is 2.09. The maximum absolute atomic E-state index is 13.6. The zero-order valence-electron chi connectivity index (χ0n) is 14.2. The molecule has 26 heavy (non-hydrogen) atoms. The quantitative estimate of drug-likeness (QED) is 0.712. The lowest BCUT2D eigenvalue weighted by Gasteiger charge is -2.34. The van der Waals surface area contributed by atoms with Crippen LogP contribution in [0.25, 0.3) is 11.0 Å². The Kier molecular flexibility index (Phi) is 6.28. The Morgan fingerprint density at radius 3 is 2.69 bits per heavy atom. The molecule has 3 unspecified atom stereocenters. The minimum atomic E-state index is -0.819. The first-order valence-corrected chi connectivity index (χ1v) is 8.11. The third-order valence-corrected chi connectivity index (χ3v) is 4.67. The molecule has 0 aliphatic carbocycles. The first-order valence-electron chi connectivity index (χ1n) is 8.11. The maximum Gasteiger partial charge on any atom is 0.159 e. The molecule has 2 aromatic heterocycles. The van der Waals surface area contributed by atoms with E-state index in [9.17, 15) is 8.78 Å². The summed E-state index contributed by atoms with van der Waals surface area (Å²) in [4.78, 5) is 12.2. The van der Waals surface area contributed by atoms with E-state index in [1.54, 1.807) is 12.3 Å². The summed E-state index contributed by atoms with van der Waals surface area (Å²) in [5.74, 6) is -0.642. The number of nitrogens with one attached hydrogen (secondary N) is 2. The predicted molar refractivity (Wildman–Crippen MR) is 98.4 cm³/mol. The number of fused-ring (bicyclic) bond motifs is 1. The monoisotopic (exact) mass is 382 g/mol. The van der Waals surface area contributed by atoms with Crippen molar-refractivity contribution in [2.24, 2.45) is 0 Å². The van der Waals surface area contributed by atoms with Gasteiger partial charge in [-0.1, -0.05) is 6.07 Å². The average molecular weight is 383 g/mol. The van der Waals surface area contributed by atoms with Crippen molar-refractivity contribution >= 4 is 23.4 Å². The molecule has 0 radical (unpaired) electrons. The molecule has 1 saturated heterocycles. The summed E-state index contributed by atoms with van der Waals surface area (Å²) in [6, 6.07) is 6.23. The second-order valence-electron chi connectivity index (χ2n) is 6.47. The number of hydrogen-bond donors (Lipinski definition) is 2. The SMILES string of the molecule is CC1CC(c2ncc3[nH]ccc3n2)CC(c2ccc(F)c(F)c2)N1.Cl.O. The highest BCUT2D eigenvalue weighted by Crippen LogP contribution is 2.35. The molecule has 1 aliphatic rings. The summed E-state index contributed by atoms with van der Waals surface area (Å²) in [5, 5.41) is 3.46. The normalized spacial score (nSPS) is 22.5. The highest BCUT2D eigenvalue weighted by atomic mass is 35.5. The second-order valence-corrected chi connectivity index (χ2v) is 6.47. The molecule has 0 amide bonds. The molecule has 4 N–H and O–H groups in total. The molecule has 0 bridgehead atoms. The van der Waals surface area contributed by atoms with Crippen molar-refractivity contribution in [2.45, 2.75) is 37.8 Å². The van der Waals surface area contributed by atoms with Crippen LogP contribution >= 0.6 is 12.4 Å². The Labute approximate surface area is 156 Å². The van der Waals surface area contributed by atoms with Gasteiger partial charge in [-0.2, -0.15) is 0 Å². The van der Waals surface area contributed by atoms with Crippen LogP contribution in [0.1, 0.15) is 43.1 Å². The third kappa shape index (κ3) is 3.85. The lowest BCUT2D eigenvalue weighted by molar-refractivity contribution is 0.299. The topological polar surface area (TPSA) is 85.1 Å². The van der Waals surface area contributed by atoms with E-state index in [-0.39, 0.29) is 35.9 Å². The van der Waals surface area contributed by atoms with Gasteiger partial charge in [-0.25, -0.2) is 18.7 Å². The number of nitrogens with zero attached hydrogens (tertiary/aromatic N) is 2. The van der Waals surface area contributed by atoms with Crippen molar-refractivity contribution in [1.82, 2.24) is 20.3 Å². The number of aromatic amines is 1. The lowest BCUT2D eigenvalue weighted by atomic mass is 9.85. The van der Waals surface area contributed by atoms with Gasteiger partial charge in [-0.15, -0.1) is 12.4 Å². The molecule has 5 nitrogen and oxygen atoms in total. The highest BCUT2D eigenvalue weighted by molar-refractivity contribution is 5.85. The van der Waals surface area contributed by atoms with Gasteiger partial charge < -0.3 is 15.8 Å². The molecular formula is C18H21ClF2N4O. The highest BCUT2D eigenvalue weighted by Gasteiger charge is 2.30. The van der Waals surface area contributed by atoms with Gasteiger partial charge >= 0.3 is 0 Å². The van der Waals surface area contributed by atoms with Gasteiger partial charge in [0.25, 0.3) is 0 Å². The van der Waals surface area contributed by atoms with Crippen LogP contribution < -0.4 is 5.32 Å². The van der Waals surface area contributed by atoms with Crippen LogP contribution in [-0.4, -0.2) is 26.5 Å². The molecule has 3 atom stereocenters. The van der Waals surface area contributed by atoms with Crippen LogP contribution in [0.3, 0.4) is 0 Å². The van der Waals surface area contributed by atoms with Gasteiger partial charge in [-0.05, 0) is 43.5 Å². The molecule has 3 aromatic rings. The van der Waals surface area contributed by atoms with Crippen LogP contribution in [0.2, 0.25) is 0 Å². The zero-order valence-corrected chi connectivity index (χ0v) is 15.0. The van der Waals surface area contributed by atoms with Crippen molar-refractivity contribution in [3.63, 3.8) is 0 Å². The lowest BCUT2D eigenvalue weighted by Crippen LogP contribution is -2.38. The molecule has 8 heteroatoms. The van der Waals surface area contributed by atoms with Gasteiger partial charge in [0.2, 0.25) is 0 Å². The number of H-pyrrole nitrogens is 1. The Balaban J connectivity index is 0.00000121. The van der Waals surface area contributed by atoms with Crippen molar-refractivity contribution < 1.29 is 14.3 Å². The van der Waals surface area contributed by atoms with Gasteiger partial charge in [-0.3, -0.25) is 0 Å². The van der Waals surface area contributed by atoms with E-state index in [2.05, 4.69) is 27.2 Å². The van der Waals surface area contributed by atoms with E-state index in [1.165, 1.54) is 12.1 Å². The number of halogens is 3. The van der Waals surface area contributed by atoms with Crippen molar-refractivity contribution in [3.8, 4) is 0 Å². The van der Waals surface area contributed by atoms with Crippen LogP contribution in [0, 0.1) is 11.6 Å². The number of hydrogen-bond acceptors (Lipinski definition) is 3. The van der Waals surface area contributed by atoms with Crippen molar-refractivity contribution in [2.75, 3.05) is 0 Å². The van der Waals surface area contributed by atoms with E-state index in [0.717, 1.165) is 35.3 Å². The van der Waals surface area contributed by atoms with Crippen molar-refractivity contribution in [3.05, 3.63) is 59.7 Å². The van der Waals surface area contributed by atoms with E-state index in [4.69, 9.17) is 0 Å². The minimum absolute atomic E-state index is 0. The van der Waals surface area contributed by atoms with Gasteiger partial charge in [0.15, 0.2) is 11.6 Å². The van der Waals surface area contributed by atoms with Crippen LogP contribution in [0.15, 0.2) is 36.7 Å². The number of piperidine rings is 1. The summed E-state index contributed by atoms with van der Waals surface area (Å²) >= 11 is 0. The molecular weight excluding hydrogens is 362 g/mol. The number of aromatic nitrogens is 3. The molecule has 140 valence electrons. The summed E-state index contributed by atoms with van der Waals surface area (Å²) in [7, 11) is 0. The molecule has 0 spiro atoms. The van der Waals surface area contributed by atoms with E-state index < -0.39 is 11.6 Å². The summed E-state index contributed by atoms with van der Waals surface area (Å²) < 4.78 is 26.7. The molecule has 0 saturated carbocycles. The van der Waals surface area contributed by atoms with E-state index in [1.807, 2.05) is 12.3 Å². The largest absolute Gasteiger partial charge is 0.412 e. The van der Waals surface area contributed by atoms with Gasteiger partial charge in [0.1, 0.15) is 5.82 Å². The Morgan fingerprint density at radius 2 is 1.92 bits per heavy atom. The maximum atomic E-state index is 13.6. The average Bonchev–Trinajstić information content (AvgIpc) is 3.04. The zero-order chi connectivity index (χ0) is 16.7. The van der Waals surface area contributed by atoms with E-state index >= 15 is 0 Å². The first-order chi connectivity index (χ1) is 11.6. The van der Waals surface area contributed by atoms with Crippen molar-refractivity contribution in [1.29, 1.82) is 0 Å². The fourth-order valence-electron chi connectivity index (χ4n) is 3.51. The third-order valence-electron chi connectivity index (χ3n) is 4.67. The Hall–Kier alpha value is -2.09. The van der Waals surface area contributed by atoms with Crippen LogP contribution in [-0.2, 0) is 0 Å². The summed E-state index contributed by atoms with van der Waals surface area (Å²) in [5.41, 5.74) is 2.57. The van der Waals surface area contributed by atoms with Crippen LogP contribution in [0.4, 0.5) is 8.78 Å². The summed E-state index contributed by atoms with van der Waals surface area (Å²) in [6.07, 6.45) is 5.32. The molecule has 1 aliphatic heterocycles. The fraction of sp³-hybridized carbons (Fsp3) is 0.333. The Bertz CT molecular complexity index is 889. The minimum Gasteiger partial charge on any atom is -0.412 e. The Morgan fingerprint density at radius 1 is 1.12 bits per heavy atom. The molecule has 1 fully saturated rings. The molecule has 4 rings (SSSR count). The fourth-order valence-corrected chi connectivity index (χ4v) is 3.51. The predicted octanol–water partition coefficient (Wildman–Crippen LogP) is 3.43. The van der Waals surface area contributed by atoms with E-state index in [0.29, 0.717) is 0 Å². The van der Waals surface area contributed by atoms with Gasteiger partial charge in [0.05, 0.1) is 17.2 Å². The number of rotatable bonds is 2.